The van der Waals surface area contributed by atoms with Gasteiger partial charge in [0.2, 0.25) is 0 Å². The minimum absolute atomic E-state index is 0. The van der Waals surface area contributed by atoms with Crippen LogP contribution in [0.1, 0.15) is 36.5 Å². The van der Waals surface area contributed by atoms with Gasteiger partial charge in [0.1, 0.15) is 0 Å². The molecule has 182 valence electrons. The molecule has 0 radical (unpaired) electrons. The van der Waals surface area contributed by atoms with Crippen molar-refractivity contribution in [3.05, 3.63) is 71.3 Å². The molecule has 2 aromatic carbocycles. The van der Waals surface area contributed by atoms with Gasteiger partial charge in [-0.3, -0.25) is 0 Å². The quantitative estimate of drug-likeness (QED) is 0.161. The third-order valence-electron chi connectivity index (χ3n) is 5.37. The molecule has 1 saturated heterocycles. The van der Waals surface area contributed by atoms with Crippen molar-refractivity contribution in [2.75, 3.05) is 39.5 Å². The number of nitrogens with zero attached hydrogens (tertiary/aromatic N) is 1. The SMILES string of the molecule is CCNC(=NCc1ccccc1COCc1ccccc1)NCCCOCC1CCOC1.I. The summed E-state index contributed by atoms with van der Waals surface area (Å²) in [5.74, 6) is 1.40. The molecule has 7 heteroatoms. The van der Waals surface area contributed by atoms with Crippen LogP contribution >= 0.6 is 24.0 Å². The minimum Gasteiger partial charge on any atom is -0.381 e. The van der Waals surface area contributed by atoms with Gasteiger partial charge in [0, 0.05) is 32.2 Å². The predicted octanol–water partition coefficient (Wildman–Crippen LogP) is 4.52. The second-order valence-corrected chi connectivity index (χ2v) is 8.03. The van der Waals surface area contributed by atoms with Gasteiger partial charge in [-0.1, -0.05) is 54.6 Å². The summed E-state index contributed by atoms with van der Waals surface area (Å²) in [6.45, 7) is 8.80. The van der Waals surface area contributed by atoms with Gasteiger partial charge in [0.15, 0.2) is 5.96 Å². The Balaban J connectivity index is 0.00000385. The fourth-order valence-electron chi connectivity index (χ4n) is 3.56. The highest BCUT2D eigenvalue weighted by atomic mass is 127. The van der Waals surface area contributed by atoms with Crippen LogP contribution in [-0.2, 0) is 34.0 Å². The first-order valence-corrected chi connectivity index (χ1v) is 11.7. The number of nitrogens with one attached hydrogen (secondary N) is 2. The maximum Gasteiger partial charge on any atom is 0.191 e. The maximum absolute atomic E-state index is 5.94. The summed E-state index contributed by atoms with van der Waals surface area (Å²) < 4.78 is 17.1. The first kappa shape index (κ1) is 27.6. The van der Waals surface area contributed by atoms with Crippen LogP contribution in [0.4, 0.5) is 0 Å². The number of hydrogen-bond acceptors (Lipinski definition) is 4. The van der Waals surface area contributed by atoms with E-state index in [1.165, 1.54) is 16.7 Å². The number of rotatable bonds is 13. The second kappa shape index (κ2) is 16.9. The first-order valence-electron chi connectivity index (χ1n) is 11.7. The van der Waals surface area contributed by atoms with Crippen LogP contribution in [0, 0.1) is 5.92 Å². The van der Waals surface area contributed by atoms with Gasteiger partial charge < -0.3 is 24.8 Å². The molecule has 0 saturated carbocycles. The van der Waals surface area contributed by atoms with Crippen molar-refractivity contribution in [2.45, 2.75) is 39.5 Å². The lowest BCUT2D eigenvalue weighted by Gasteiger charge is -2.13. The van der Waals surface area contributed by atoms with E-state index in [1.807, 2.05) is 18.2 Å². The molecule has 1 atom stereocenters. The largest absolute Gasteiger partial charge is 0.381 e. The standard InChI is InChI=1S/C26H37N3O3.HI/c1-2-27-26(28-14-8-15-30-19-23-13-16-31-20-23)29-17-24-11-6-7-12-25(24)21-32-18-22-9-4-3-5-10-22;/h3-7,9-12,23H,2,8,13-21H2,1H3,(H2,27,28,29);1H. The van der Waals surface area contributed by atoms with Crippen LogP contribution < -0.4 is 10.6 Å². The monoisotopic (exact) mass is 567 g/mol. The Morgan fingerprint density at radius 3 is 2.55 bits per heavy atom. The molecule has 1 fully saturated rings. The van der Waals surface area contributed by atoms with Crippen LogP contribution in [0.5, 0.6) is 0 Å². The van der Waals surface area contributed by atoms with E-state index in [9.17, 15) is 0 Å². The van der Waals surface area contributed by atoms with E-state index in [0.29, 0.717) is 25.7 Å². The fraction of sp³-hybridized carbons (Fsp3) is 0.500. The summed E-state index contributed by atoms with van der Waals surface area (Å²) in [5, 5.41) is 6.73. The molecule has 0 spiro atoms. The van der Waals surface area contributed by atoms with E-state index in [2.05, 4.69) is 54.0 Å². The first-order chi connectivity index (χ1) is 15.8. The molecule has 0 aliphatic carbocycles. The molecule has 0 bridgehead atoms. The zero-order chi connectivity index (χ0) is 22.3. The van der Waals surface area contributed by atoms with Gasteiger partial charge in [0.25, 0.3) is 0 Å². The van der Waals surface area contributed by atoms with Gasteiger partial charge in [-0.25, -0.2) is 4.99 Å². The Labute approximate surface area is 215 Å². The van der Waals surface area contributed by atoms with E-state index >= 15 is 0 Å². The highest BCUT2D eigenvalue weighted by Crippen LogP contribution is 2.13. The summed E-state index contributed by atoms with van der Waals surface area (Å²) in [4.78, 5) is 4.77. The van der Waals surface area contributed by atoms with E-state index in [1.54, 1.807) is 0 Å². The summed E-state index contributed by atoms with van der Waals surface area (Å²) in [7, 11) is 0. The van der Waals surface area contributed by atoms with Crippen molar-refractivity contribution in [2.24, 2.45) is 10.9 Å². The Morgan fingerprint density at radius 1 is 1.00 bits per heavy atom. The fourth-order valence-corrected chi connectivity index (χ4v) is 3.56. The number of ether oxygens (including phenoxy) is 3. The number of aliphatic imine (C=N–C) groups is 1. The minimum atomic E-state index is 0. The molecule has 1 aliphatic heterocycles. The average Bonchev–Trinajstić information content (AvgIpc) is 3.35. The lowest BCUT2D eigenvalue weighted by atomic mass is 10.1. The Kier molecular flexibility index (Phi) is 14.1. The zero-order valence-corrected chi connectivity index (χ0v) is 22.0. The lowest BCUT2D eigenvalue weighted by Crippen LogP contribution is -2.38. The number of benzene rings is 2. The van der Waals surface area contributed by atoms with Gasteiger partial charge >= 0.3 is 0 Å². The van der Waals surface area contributed by atoms with Crippen molar-refractivity contribution in [1.29, 1.82) is 0 Å². The van der Waals surface area contributed by atoms with Crippen molar-refractivity contribution in [3.63, 3.8) is 0 Å². The summed E-state index contributed by atoms with van der Waals surface area (Å²) >= 11 is 0. The Hall–Kier alpha value is -1.68. The van der Waals surface area contributed by atoms with Crippen LogP contribution in [0.15, 0.2) is 59.6 Å². The number of hydrogen-bond donors (Lipinski definition) is 2. The van der Waals surface area contributed by atoms with Crippen LogP contribution in [0.25, 0.3) is 0 Å². The van der Waals surface area contributed by atoms with E-state index in [-0.39, 0.29) is 24.0 Å². The number of halogens is 1. The Bertz CT molecular complexity index is 798. The molecule has 6 nitrogen and oxygen atoms in total. The van der Waals surface area contributed by atoms with Crippen molar-refractivity contribution in [3.8, 4) is 0 Å². The number of guanidine groups is 1. The Morgan fingerprint density at radius 2 is 1.79 bits per heavy atom. The van der Waals surface area contributed by atoms with Crippen molar-refractivity contribution >= 4 is 29.9 Å². The summed E-state index contributed by atoms with van der Waals surface area (Å²) in [6.07, 6.45) is 2.07. The topological polar surface area (TPSA) is 64.1 Å². The molecular weight excluding hydrogens is 529 g/mol. The molecule has 33 heavy (non-hydrogen) atoms. The van der Waals surface area contributed by atoms with Gasteiger partial charge in [0.05, 0.1) is 33.0 Å². The molecular formula is C26H38IN3O3. The van der Waals surface area contributed by atoms with Gasteiger partial charge in [-0.15, -0.1) is 24.0 Å². The van der Waals surface area contributed by atoms with Crippen molar-refractivity contribution < 1.29 is 14.2 Å². The molecule has 2 N–H and O–H groups in total. The molecule has 1 heterocycles. The summed E-state index contributed by atoms with van der Waals surface area (Å²) in [5.41, 5.74) is 3.54. The molecule has 0 amide bonds. The normalized spacial score (nSPS) is 15.8. The van der Waals surface area contributed by atoms with E-state index in [0.717, 1.165) is 58.3 Å². The summed E-state index contributed by atoms with van der Waals surface area (Å²) in [6, 6.07) is 18.6. The highest BCUT2D eigenvalue weighted by Gasteiger charge is 2.15. The smallest absolute Gasteiger partial charge is 0.191 e. The van der Waals surface area contributed by atoms with Crippen LogP contribution in [-0.4, -0.2) is 45.5 Å². The maximum atomic E-state index is 5.94. The van der Waals surface area contributed by atoms with Gasteiger partial charge in [-0.05, 0) is 36.5 Å². The van der Waals surface area contributed by atoms with Crippen LogP contribution in [0.3, 0.4) is 0 Å². The second-order valence-electron chi connectivity index (χ2n) is 8.03. The highest BCUT2D eigenvalue weighted by molar-refractivity contribution is 14.0. The van der Waals surface area contributed by atoms with Crippen LogP contribution in [0.2, 0.25) is 0 Å². The third kappa shape index (κ3) is 10.9. The van der Waals surface area contributed by atoms with E-state index in [4.69, 9.17) is 19.2 Å². The molecule has 0 aromatic heterocycles. The predicted molar refractivity (Wildman–Crippen MR) is 144 cm³/mol. The van der Waals surface area contributed by atoms with Crippen molar-refractivity contribution in [1.82, 2.24) is 10.6 Å². The zero-order valence-electron chi connectivity index (χ0n) is 19.6. The van der Waals surface area contributed by atoms with Gasteiger partial charge in [-0.2, -0.15) is 0 Å². The van der Waals surface area contributed by atoms with E-state index < -0.39 is 0 Å². The molecule has 2 aromatic rings. The lowest BCUT2D eigenvalue weighted by molar-refractivity contribution is 0.0888. The molecule has 1 unspecified atom stereocenters. The average molecular weight is 568 g/mol. The molecule has 1 aliphatic rings. The third-order valence-corrected chi connectivity index (χ3v) is 5.37. The molecule has 3 rings (SSSR count).